The number of anilines is 2. The third kappa shape index (κ3) is 4.71. The van der Waals surface area contributed by atoms with Crippen molar-refractivity contribution in [3.63, 3.8) is 0 Å². The van der Waals surface area contributed by atoms with Crippen LogP contribution in [-0.4, -0.2) is 26.8 Å². The van der Waals surface area contributed by atoms with Gasteiger partial charge >= 0.3 is 0 Å². The zero-order chi connectivity index (χ0) is 22.9. The number of aryl methyl sites for hydroxylation is 2. The van der Waals surface area contributed by atoms with Crippen LogP contribution in [-0.2, 0) is 20.0 Å². The minimum Gasteiger partial charge on any atom is -0.280 e. The van der Waals surface area contributed by atoms with Crippen molar-refractivity contribution in [2.45, 2.75) is 23.6 Å². The van der Waals surface area contributed by atoms with Crippen molar-refractivity contribution >= 4 is 42.3 Å². The summed E-state index contributed by atoms with van der Waals surface area (Å²) >= 11 is 0. The van der Waals surface area contributed by atoms with Crippen molar-refractivity contribution in [3.05, 3.63) is 84.3 Å². The molecule has 3 aromatic carbocycles. The summed E-state index contributed by atoms with van der Waals surface area (Å²) in [5, 5.41) is 1.74. The Morgan fingerprint density at radius 3 is 1.97 bits per heavy atom. The van der Waals surface area contributed by atoms with Gasteiger partial charge in [0.05, 0.1) is 9.79 Å². The van der Waals surface area contributed by atoms with Crippen LogP contribution in [0.1, 0.15) is 11.5 Å². The molecule has 0 saturated heterocycles. The van der Waals surface area contributed by atoms with Gasteiger partial charge in [0.1, 0.15) is 11.6 Å². The van der Waals surface area contributed by atoms with Crippen LogP contribution in [0.3, 0.4) is 0 Å². The second-order valence-electron chi connectivity index (χ2n) is 7.19. The predicted octanol–water partition coefficient (Wildman–Crippen LogP) is 3.85. The number of benzene rings is 3. The van der Waals surface area contributed by atoms with Crippen molar-refractivity contribution in [2.24, 2.45) is 0 Å². The lowest BCUT2D eigenvalue weighted by atomic mass is 10.1. The number of hydrogen-bond acceptors (Lipinski definition) is 6. The molecule has 0 unspecified atom stereocenters. The van der Waals surface area contributed by atoms with Gasteiger partial charge < -0.3 is 0 Å². The van der Waals surface area contributed by atoms with Gasteiger partial charge in [-0.1, -0.05) is 30.3 Å². The monoisotopic (exact) mass is 468 g/mol. The van der Waals surface area contributed by atoms with E-state index in [1.807, 2.05) is 24.3 Å². The highest BCUT2D eigenvalue weighted by atomic mass is 32.2. The number of nitrogens with zero attached hydrogens (tertiary/aromatic N) is 2. The zero-order valence-corrected chi connectivity index (χ0v) is 18.9. The Balaban J connectivity index is 1.54. The fourth-order valence-corrected chi connectivity index (χ4v) is 5.30. The fraction of sp³-hybridized carbons (Fsp3) is 0.0909. The Labute approximate surface area is 186 Å². The van der Waals surface area contributed by atoms with Gasteiger partial charge in [-0.3, -0.25) is 9.44 Å². The molecule has 0 amide bonds. The molecule has 0 aliphatic rings. The third-order valence-electron chi connectivity index (χ3n) is 4.65. The molecule has 4 aromatic rings. The molecule has 0 radical (unpaired) electrons. The predicted molar refractivity (Wildman–Crippen MR) is 124 cm³/mol. The van der Waals surface area contributed by atoms with Crippen LogP contribution in [0.2, 0.25) is 0 Å². The van der Waals surface area contributed by atoms with Crippen molar-refractivity contribution < 1.29 is 16.8 Å². The lowest BCUT2D eigenvalue weighted by molar-refractivity contribution is 0.600. The molecular weight excluding hydrogens is 448 g/mol. The molecule has 0 atom stereocenters. The maximum atomic E-state index is 12.8. The summed E-state index contributed by atoms with van der Waals surface area (Å²) < 4.78 is 55.8. The highest BCUT2D eigenvalue weighted by Gasteiger charge is 2.18. The van der Waals surface area contributed by atoms with E-state index in [-0.39, 0.29) is 21.3 Å². The largest absolute Gasteiger partial charge is 0.280 e. The van der Waals surface area contributed by atoms with Crippen LogP contribution >= 0.6 is 0 Å². The van der Waals surface area contributed by atoms with Crippen LogP contribution in [0.15, 0.2) is 82.6 Å². The molecule has 0 fully saturated rings. The van der Waals surface area contributed by atoms with Gasteiger partial charge in [0.15, 0.2) is 0 Å². The van der Waals surface area contributed by atoms with Crippen molar-refractivity contribution in [3.8, 4) is 0 Å². The second kappa shape index (κ2) is 8.21. The summed E-state index contributed by atoms with van der Waals surface area (Å²) in [5.74, 6) is 0.609. The number of rotatable bonds is 6. The third-order valence-corrected chi connectivity index (χ3v) is 7.40. The number of sulfonamides is 2. The molecular formula is C22H20N4O4S2. The summed E-state index contributed by atoms with van der Waals surface area (Å²) in [4.78, 5) is 8.27. The topological polar surface area (TPSA) is 118 Å². The van der Waals surface area contributed by atoms with Gasteiger partial charge in [-0.25, -0.2) is 26.8 Å². The molecule has 0 spiro atoms. The highest BCUT2D eigenvalue weighted by Crippen LogP contribution is 2.23. The van der Waals surface area contributed by atoms with E-state index in [1.54, 1.807) is 26.0 Å². The smallest absolute Gasteiger partial charge is 0.263 e. The molecule has 32 heavy (non-hydrogen) atoms. The van der Waals surface area contributed by atoms with E-state index in [2.05, 4.69) is 19.4 Å². The molecule has 164 valence electrons. The first-order valence-electron chi connectivity index (χ1n) is 9.59. The average molecular weight is 469 g/mol. The first-order valence-corrected chi connectivity index (χ1v) is 12.6. The molecule has 4 rings (SSSR count). The maximum absolute atomic E-state index is 12.8. The van der Waals surface area contributed by atoms with E-state index in [9.17, 15) is 16.8 Å². The van der Waals surface area contributed by atoms with E-state index in [1.165, 1.54) is 36.4 Å². The summed E-state index contributed by atoms with van der Waals surface area (Å²) in [7, 11) is -7.74. The Kier molecular flexibility index (Phi) is 5.57. The Morgan fingerprint density at radius 1 is 0.656 bits per heavy atom. The summed E-state index contributed by atoms with van der Waals surface area (Å²) in [6.07, 6.45) is 0. The molecule has 1 heterocycles. The summed E-state index contributed by atoms with van der Waals surface area (Å²) in [5.41, 5.74) is 0.875. The first-order chi connectivity index (χ1) is 15.1. The molecule has 2 N–H and O–H groups in total. The van der Waals surface area contributed by atoms with E-state index >= 15 is 0 Å². The molecule has 0 bridgehead atoms. The SMILES string of the molecule is Cc1cc(NS(=O)(=O)c2ccc(NS(=O)(=O)c3ccc4ccccc4c3)cc2)nc(C)n1. The van der Waals surface area contributed by atoms with Crippen LogP contribution in [0.4, 0.5) is 11.5 Å². The molecule has 0 aliphatic carbocycles. The van der Waals surface area contributed by atoms with E-state index < -0.39 is 20.0 Å². The molecule has 1 aromatic heterocycles. The van der Waals surface area contributed by atoms with Gasteiger partial charge in [0.2, 0.25) is 0 Å². The maximum Gasteiger partial charge on any atom is 0.263 e. The van der Waals surface area contributed by atoms with Crippen LogP contribution in [0.25, 0.3) is 10.8 Å². The minimum atomic E-state index is -3.90. The first kappa shape index (κ1) is 21.7. The number of hydrogen-bond donors (Lipinski definition) is 2. The van der Waals surface area contributed by atoms with E-state index in [4.69, 9.17) is 0 Å². The second-order valence-corrected chi connectivity index (χ2v) is 10.6. The minimum absolute atomic E-state index is 0.0277. The number of fused-ring (bicyclic) bond motifs is 1. The van der Waals surface area contributed by atoms with Crippen LogP contribution in [0.5, 0.6) is 0 Å². The van der Waals surface area contributed by atoms with Crippen molar-refractivity contribution in [2.75, 3.05) is 9.44 Å². The Morgan fingerprint density at radius 2 is 1.28 bits per heavy atom. The van der Waals surface area contributed by atoms with Gasteiger partial charge in [0.25, 0.3) is 20.0 Å². The van der Waals surface area contributed by atoms with E-state index in [0.717, 1.165) is 10.8 Å². The van der Waals surface area contributed by atoms with Gasteiger partial charge in [-0.2, -0.15) is 0 Å². The normalized spacial score (nSPS) is 11.9. The molecule has 0 saturated carbocycles. The molecule has 10 heteroatoms. The molecule has 8 nitrogen and oxygen atoms in total. The fourth-order valence-electron chi connectivity index (χ4n) is 3.22. The number of aromatic nitrogens is 2. The standard InChI is InChI=1S/C22H20N4O4S2/c1-15-13-22(24-16(2)23-15)26-31(27,28)20-11-8-19(9-12-20)25-32(29,30)21-10-7-17-5-3-4-6-18(17)14-21/h3-14,25H,1-2H3,(H,23,24,26). The highest BCUT2D eigenvalue weighted by molar-refractivity contribution is 7.93. The van der Waals surface area contributed by atoms with Gasteiger partial charge in [0, 0.05) is 17.4 Å². The molecule has 0 aliphatic heterocycles. The van der Waals surface area contributed by atoms with Crippen LogP contribution < -0.4 is 9.44 Å². The zero-order valence-electron chi connectivity index (χ0n) is 17.3. The lowest BCUT2D eigenvalue weighted by Gasteiger charge is -2.11. The Hall–Kier alpha value is -3.50. The van der Waals surface area contributed by atoms with Crippen molar-refractivity contribution in [1.82, 2.24) is 9.97 Å². The van der Waals surface area contributed by atoms with Crippen LogP contribution in [0, 0.1) is 13.8 Å². The number of nitrogens with one attached hydrogen (secondary N) is 2. The van der Waals surface area contributed by atoms with Gasteiger partial charge in [-0.05, 0) is 61.0 Å². The quantitative estimate of drug-likeness (QED) is 0.444. The summed E-state index contributed by atoms with van der Waals surface area (Å²) in [6.45, 7) is 3.41. The summed E-state index contributed by atoms with van der Waals surface area (Å²) in [6, 6.07) is 19.3. The Bertz CT molecular complexity index is 1500. The van der Waals surface area contributed by atoms with E-state index in [0.29, 0.717) is 11.5 Å². The van der Waals surface area contributed by atoms with Gasteiger partial charge in [-0.15, -0.1) is 0 Å². The average Bonchev–Trinajstić information content (AvgIpc) is 2.72. The lowest BCUT2D eigenvalue weighted by Crippen LogP contribution is -2.15. The van der Waals surface area contributed by atoms with Crippen molar-refractivity contribution in [1.29, 1.82) is 0 Å².